The van der Waals surface area contributed by atoms with Gasteiger partial charge in [-0.2, -0.15) is 0 Å². The number of aromatic nitrogens is 2. The van der Waals surface area contributed by atoms with Crippen LogP contribution in [0.4, 0.5) is 4.39 Å². The van der Waals surface area contributed by atoms with Gasteiger partial charge in [0, 0.05) is 13.1 Å². The zero-order chi connectivity index (χ0) is 19.6. The molecule has 142 valence electrons. The summed E-state index contributed by atoms with van der Waals surface area (Å²) in [5.74, 6) is -0.184. The van der Waals surface area contributed by atoms with Crippen LogP contribution >= 0.6 is 23.1 Å². The molecule has 0 N–H and O–H groups in total. The fraction of sp³-hybridized carbons (Fsp3) is 0.316. The van der Waals surface area contributed by atoms with Crippen molar-refractivity contribution in [2.45, 2.75) is 25.9 Å². The maximum Gasteiger partial charge on any atom is 0.276 e. The number of halogens is 1. The summed E-state index contributed by atoms with van der Waals surface area (Å²) in [6.07, 6.45) is 0. The first kappa shape index (κ1) is 19.6. The Balaban J connectivity index is 2.08. The van der Waals surface area contributed by atoms with Gasteiger partial charge in [0.15, 0.2) is 5.16 Å². The van der Waals surface area contributed by atoms with Crippen LogP contribution in [0.2, 0.25) is 0 Å². The number of benzene rings is 1. The van der Waals surface area contributed by atoms with Crippen LogP contribution in [0.15, 0.2) is 39.6 Å². The highest BCUT2D eigenvalue weighted by Gasteiger charge is 2.18. The number of hydrogen-bond acceptors (Lipinski definition) is 5. The Bertz CT molecular complexity index is 1040. The number of thioether (sulfide) groups is 1. The fourth-order valence-electron chi connectivity index (χ4n) is 2.86. The van der Waals surface area contributed by atoms with Crippen molar-refractivity contribution in [3.63, 3.8) is 0 Å². The van der Waals surface area contributed by atoms with Gasteiger partial charge in [0.25, 0.3) is 5.56 Å². The van der Waals surface area contributed by atoms with Gasteiger partial charge in [-0.1, -0.05) is 11.8 Å². The van der Waals surface area contributed by atoms with Crippen molar-refractivity contribution < 1.29 is 9.18 Å². The molecule has 0 saturated carbocycles. The SMILES string of the molecule is CCN(CC)C(=O)CSc1nc2ccsc2c(=O)n1-c1ccc(F)cc1C. The highest BCUT2D eigenvalue weighted by Crippen LogP contribution is 2.25. The minimum Gasteiger partial charge on any atom is -0.343 e. The van der Waals surface area contributed by atoms with Crippen LogP contribution in [0.5, 0.6) is 0 Å². The summed E-state index contributed by atoms with van der Waals surface area (Å²) in [7, 11) is 0. The quantitative estimate of drug-likeness (QED) is 0.462. The van der Waals surface area contributed by atoms with Gasteiger partial charge in [0.2, 0.25) is 5.91 Å². The van der Waals surface area contributed by atoms with Gasteiger partial charge in [0.1, 0.15) is 10.5 Å². The number of rotatable bonds is 6. The molecule has 1 aromatic carbocycles. The Morgan fingerprint density at radius 3 is 2.70 bits per heavy atom. The number of aryl methyl sites for hydroxylation is 1. The molecule has 8 heteroatoms. The van der Waals surface area contributed by atoms with E-state index in [0.29, 0.717) is 39.7 Å². The number of carbonyl (C=O) groups excluding carboxylic acids is 1. The van der Waals surface area contributed by atoms with Gasteiger partial charge in [-0.05, 0) is 56.0 Å². The van der Waals surface area contributed by atoms with E-state index in [0.717, 1.165) is 0 Å². The zero-order valence-corrected chi connectivity index (χ0v) is 17.0. The monoisotopic (exact) mass is 405 g/mol. The van der Waals surface area contributed by atoms with E-state index in [-0.39, 0.29) is 23.0 Å². The molecule has 2 heterocycles. The molecule has 0 radical (unpaired) electrons. The van der Waals surface area contributed by atoms with E-state index in [1.807, 2.05) is 19.2 Å². The van der Waals surface area contributed by atoms with E-state index in [1.54, 1.807) is 24.0 Å². The molecule has 0 unspecified atom stereocenters. The van der Waals surface area contributed by atoms with E-state index < -0.39 is 0 Å². The molecule has 0 aliphatic heterocycles. The summed E-state index contributed by atoms with van der Waals surface area (Å²) < 4.78 is 15.6. The van der Waals surface area contributed by atoms with Crippen LogP contribution in [-0.2, 0) is 4.79 Å². The van der Waals surface area contributed by atoms with E-state index >= 15 is 0 Å². The standard InChI is InChI=1S/C19H20FN3O2S2/c1-4-22(5-2)16(24)11-27-19-21-14-8-9-26-17(14)18(25)23(19)15-7-6-13(20)10-12(15)3/h6-10H,4-5,11H2,1-3H3. The number of nitrogens with zero attached hydrogens (tertiary/aromatic N) is 3. The molecular formula is C19H20FN3O2S2. The lowest BCUT2D eigenvalue weighted by molar-refractivity contribution is -0.127. The van der Waals surface area contributed by atoms with E-state index in [4.69, 9.17) is 0 Å². The Hall–Kier alpha value is -2.19. The molecular weight excluding hydrogens is 385 g/mol. The van der Waals surface area contributed by atoms with Crippen LogP contribution in [0.1, 0.15) is 19.4 Å². The molecule has 0 aliphatic carbocycles. The highest BCUT2D eigenvalue weighted by molar-refractivity contribution is 7.99. The Labute approximate surface area is 164 Å². The lowest BCUT2D eigenvalue weighted by Crippen LogP contribution is -2.32. The second-order valence-electron chi connectivity index (χ2n) is 5.96. The van der Waals surface area contributed by atoms with Gasteiger partial charge >= 0.3 is 0 Å². The fourth-order valence-corrected chi connectivity index (χ4v) is 4.53. The van der Waals surface area contributed by atoms with Crippen molar-refractivity contribution in [3.8, 4) is 5.69 Å². The minimum absolute atomic E-state index is 0.00737. The third kappa shape index (κ3) is 3.91. The highest BCUT2D eigenvalue weighted by atomic mass is 32.2. The van der Waals surface area contributed by atoms with Gasteiger partial charge < -0.3 is 4.90 Å². The van der Waals surface area contributed by atoms with E-state index in [1.165, 1.54) is 39.8 Å². The minimum atomic E-state index is -0.361. The van der Waals surface area contributed by atoms with Crippen molar-refractivity contribution in [2.75, 3.05) is 18.8 Å². The summed E-state index contributed by atoms with van der Waals surface area (Å²) in [4.78, 5) is 31.8. The molecule has 2 aromatic heterocycles. The summed E-state index contributed by atoms with van der Waals surface area (Å²) in [6.45, 7) is 6.88. The van der Waals surface area contributed by atoms with E-state index in [2.05, 4.69) is 4.98 Å². The van der Waals surface area contributed by atoms with Crippen LogP contribution in [0.3, 0.4) is 0 Å². The first-order valence-electron chi connectivity index (χ1n) is 8.63. The molecule has 0 spiro atoms. The van der Waals surface area contributed by atoms with Crippen molar-refractivity contribution >= 4 is 39.2 Å². The van der Waals surface area contributed by atoms with E-state index in [9.17, 15) is 14.0 Å². The number of thiophene rings is 1. The lowest BCUT2D eigenvalue weighted by atomic mass is 10.2. The molecule has 3 rings (SSSR count). The van der Waals surface area contributed by atoms with Crippen LogP contribution in [-0.4, -0.2) is 39.2 Å². The predicted molar refractivity (Wildman–Crippen MR) is 109 cm³/mol. The normalized spacial score (nSPS) is 11.1. The van der Waals surface area contributed by atoms with Crippen molar-refractivity contribution in [2.24, 2.45) is 0 Å². The number of hydrogen-bond donors (Lipinski definition) is 0. The second kappa shape index (κ2) is 8.22. The van der Waals surface area contributed by atoms with Gasteiger partial charge in [-0.3, -0.25) is 14.2 Å². The van der Waals surface area contributed by atoms with Crippen LogP contribution in [0, 0.1) is 12.7 Å². The average Bonchev–Trinajstić information content (AvgIpc) is 3.11. The molecule has 27 heavy (non-hydrogen) atoms. The summed E-state index contributed by atoms with van der Waals surface area (Å²) in [5.41, 5.74) is 1.61. The molecule has 0 atom stereocenters. The largest absolute Gasteiger partial charge is 0.343 e. The number of fused-ring (bicyclic) bond motifs is 1. The van der Waals surface area contributed by atoms with Gasteiger partial charge in [-0.15, -0.1) is 11.3 Å². The van der Waals surface area contributed by atoms with Crippen LogP contribution < -0.4 is 5.56 Å². The van der Waals surface area contributed by atoms with Gasteiger partial charge in [0.05, 0.1) is 17.0 Å². The lowest BCUT2D eigenvalue weighted by Gasteiger charge is -2.19. The molecule has 0 bridgehead atoms. The number of amides is 1. The first-order chi connectivity index (χ1) is 13.0. The maximum atomic E-state index is 13.5. The molecule has 1 amide bonds. The first-order valence-corrected chi connectivity index (χ1v) is 10.5. The second-order valence-corrected chi connectivity index (χ2v) is 7.81. The third-order valence-corrected chi connectivity index (χ3v) is 6.10. The Kier molecular flexibility index (Phi) is 5.96. The molecule has 0 aliphatic rings. The Morgan fingerprint density at radius 2 is 2.04 bits per heavy atom. The van der Waals surface area contributed by atoms with Crippen molar-refractivity contribution in [3.05, 3.63) is 51.4 Å². The smallest absolute Gasteiger partial charge is 0.276 e. The van der Waals surface area contributed by atoms with Crippen LogP contribution in [0.25, 0.3) is 15.9 Å². The topological polar surface area (TPSA) is 55.2 Å². The molecule has 3 aromatic rings. The molecule has 0 fully saturated rings. The summed E-state index contributed by atoms with van der Waals surface area (Å²) in [5, 5.41) is 2.25. The van der Waals surface area contributed by atoms with Crippen molar-refractivity contribution in [1.82, 2.24) is 14.5 Å². The van der Waals surface area contributed by atoms with Crippen molar-refractivity contribution in [1.29, 1.82) is 0 Å². The summed E-state index contributed by atoms with van der Waals surface area (Å²) in [6, 6.07) is 6.07. The third-order valence-electron chi connectivity index (χ3n) is 4.29. The maximum absolute atomic E-state index is 13.5. The van der Waals surface area contributed by atoms with Gasteiger partial charge in [-0.25, -0.2) is 9.37 Å². The Morgan fingerprint density at radius 1 is 1.30 bits per heavy atom. The zero-order valence-electron chi connectivity index (χ0n) is 15.4. The average molecular weight is 406 g/mol. The summed E-state index contributed by atoms with van der Waals surface area (Å²) >= 11 is 2.55. The molecule has 0 saturated heterocycles. The number of carbonyl (C=O) groups is 1. The molecule has 5 nitrogen and oxygen atoms in total. The predicted octanol–water partition coefficient (Wildman–Crippen LogP) is 3.86.